The van der Waals surface area contributed by atoms with Crippen LogP contribution in [0.25, 0.3) is 11.0 Å². The summed E-state index contributed by atoms with van der Waals surface area (Å²) in [5, 5.41) is 0. The fraction of sp³-hybridized carbons (Fsp3) is 0.429. The highest BCUT2D eigenvalue weighted by Gasteiger charge is 2.33. The number of hydrogen-bond acceptors (Lipinski definition) is 4. The van der Waals surface area contributed by atoms with Gasteiger partial charge in [-0.1, -0.05) is 12.1 Å². The van der Waals surface area contributed by atoms with Crippen molar-refractivity contribution < 1.29 is 0 Å². The molecule has 4 nitrogen and oxygen atoms in total. The Morgan fingerprint density at radius 1 is 0.947 bits per heavy atom. The average molecular weight is 279 g/mol. The molecule has 2 heterocycles. The summed E-state index contributed by atoms with van der Waals surface area (Å²) in [7, 11) is 0. The van der Waals surface area contributed by atoms with Crippen LogP contribution in [-0.2, 0) is 0 Å². The molecule has 5 heteroatoms. The molecule has 1 aromatic carbocycles. The molecule has 0 N–H and O–H groups in total. The number of rotatable bonds is 2. The van der Waals surface area contributed by atoms with Crippen molar-refractivity contribution in [2.45, 2.75) is 26.9 Å². The topological polar surface area (TPSA) is 32.3 Å². The van der Waals surface area contributed by atoms with E-state index in [9.17, 15) is 0 Å². The molecule has 19 heavy (non-hydrogen) atoms. The Labute approximate surface area is 119 Å². The van der Waals surface area contributed by atoms with E-state index in [-0.39, 0.29) is 12.4 Å². The van der Waals surface area contributed by atoms with Crippen LogP contribution < -0.4 is 9.80 Å². The van der Waals surface area contributed by atoms with Crippen LogP contribution >= 0.6 is 12.4 Å². The van der Waals surface area contributed by atoms with Crippen molar-refractivity contribution >= 4 is 35.1 Å². The minimum absolute atomic E-state index is 0. The molecular weight excluding hydrogens is 260 g/mol. The number of halogens is 1. The maximum atomic E-state index is 4.78. The van der Waals surface area contributed by atoms with Crippen molar-refractivity contribution in [3.63, 3.8) is 0 Å². The zero-order valence-electron chi connectivity index (χ0n) is 11.5. The molecule has 0 unspecified atom stereocenters. The lowest BCUT2D eigenvalue weighted by Gasteiger charge is -2.26. The van der Waals surface area contributed by atoms with Gasteiger partial charge in [0.25, 0.3) is 0 Å². The second-order valence-corrected chi connectivity index (χ2v) is 4.56. The van der Waals surface area contributed by atoms with Gasteiger partial charge < -0.3 is 9.80 Å². The highest BCUT2D eigenvalue weighted by Crippen LogP contribution is 2.36. The molecular formula is C14H19ClN4. The highest BCUT2D eigenvalue weighted by molar-refractivity contribution is 5.85. The van der Waals surface area contributed by atoms with Crippen molar-refractivity contribution in [2.75, 3.05) is 22.9 Å². The van der Waals surface area contributed by atoms with Gasteiger partial charge in [-0.3, -0.25) is 0 Å². The molecule has 3 rings (SSSR count). The number of anilines is 2. The minimum Gasteiger partial charge on any atom is -0.334 e. The largest absolute Gasteiger partial charge is 0.334 e. The third kappa shape index (κ3) is 2.00. The van der Waals surface area contributed by atoms with Crippen LogP contribution in [0.15, 0.2) is 24.3 Å². The Kier molecular flexibility index (Phi) is 3.80. The molecule has 0 aliphatic carbocycles. The van der Waals surface area contributed by atoms with E-state index in [0.717, 1.165) is 35.8 Å². The molecule has 0 amide bonds. The van der Waals surface area contributed by atoms with Gasteiger partial charge in [0.1, 0.15) is 6.17 Å². The Balaban J connectivity index is 0.00000133. The number of fused-ring (bicyclic) bond motifs is 2. The molecule has 0 bridgehead atoms. The standard InChI is InChI=1S/C14H18N4.ClH/c1-4-17-10(3)18(5-2)14-13(17)15-11-8-6-7-9-12(11)16-14;/h6-10H,4-5H2,1-3H3;1H. The van der Waals surface area contributed by atoms with Gasteiger partial charge in [0.2, 0.25) is 0 Å². The van der Waals surface area contributed by atoms with Crippen LogP contribution in [0.4, 0.5) is 11.6 Å². The monoisotopic (exact) mass is 278 g/mol. The second kappa shape index (κ2) is 5.21. The molecule has 0 atom stereocenters. The SMILES string of the molecule is CCN1c2nc3ccccc3nc2N(CC)C1C.Cl. The van der Waals surface area contributed by atoms with Gasteiger partial charge in [0.15, 0.2) is 11.6 Å². The van der Waals surface area contributed by atoms with Crippen LogP contribution in [0.1, 0.15) is 20.8 Å². The molecule has 0 radical (unpaired) electrons. The Morgan fingerprint density at radius 2 is 1.37 bits per heavy atom. The number of aromatic nitrogens is 2. The van der Waals surface area contributed by atoms with Crippen molar-refractivity contribution in [3.8, 4) is 0 Å². The van der Waals surface area contributed by atoms with E-state index in [0.29, 0.717) is 6.17 Å². The Morgan fingerprint density at radius 3 is 1.74 bits per heavy atom. The summed E-state index contributed by atoms with van der Waals surface area (Å²) in [6.07, 6.45) is 0.340. The Bertz CT molecular complexity index is 536. The second-order valence-electron chi connectivity index (χ2n) is 4.56. The third-order valence-electron chi connectivity index (χ3n) is 3.66. The van der Waals surface area contributed by atoms with Gasteiger partial charge in [-0.05, 0) is 32.9 Å². The maximum absolute atomic E-state index is 4.78. The average Bonchev–Trinajstić information content (AvgIpc) is 2.66. The van der Waals surface area contributed by atoms with Crippen molar-refractivity contribution in [3.05, 3.63) is 24.3 Å². The predicted octanol–water partition coefficient (Wildman–Crippen LogP) is 3.06. The quantitative estimate of drug-likeness (QED) is 0.845. The van der Waals surface area contributed by atoms with Crippen LogP contribution in [0.2, 0.25) is 0 Å². The molecule has 1 aliphatic rings. The van der Waals surface area contributed by atoms with E-state index in [2.05, 4.69) is 30.6 Å². The van der Waals surface area contributed by atoms with Gasteiger partial charge in [0, 0.05) is 13.1 Å². The lowest BCUT2D eigenvalue weighted by Crippen LogP contribution is -2.40. The Hall–Kier alpha value is -1.55. The van der Waals surface area contributed by atoms with E-state index in [1.165, 1.54) is 0 Å². The highest BCUT2D eigenvalue weighted by atomic mass is 35.5. The molecule has 102 valence electrons. The van der Waals surface area contributed by atoms with E-state index in [1.54, 1.807) is 0 Å². The molecule has 0 fully saturated rings. The summed E-state index contributed by atoms with van der Waals surface area (Å²) in [6, 6.07) is 8.07. The summed E-state index contributed by atoms with van der Waals surface area (Å²) < 4.78 is 0. The summed E-state index contributed by atoms with van der Waals surface area (Å²) in [4.78, 5) is 14.2. The molecule has 0 saturated carbocycles. The molecule has 0 saturated heterocycles. The summed E-state index contributed by atoms with van der Waals surface area (Å²) >= 11 is 0. The van der Waals surface area contributed by atoms with Crippen LogP contribution in [0.3, 0.4) is 0 Å². The zero-order chi connectivity index (χ0) is 12.7. The number of benzene rings is 1. The van der Waals surface area contributed by atoms with Crippen molar-refractivity contribution in [1.29, 1.82) is 0 Å². The smallest absolute Gasteiger partial charge is 0.174 e. The lowest BCUT2D eigenvalue weighted by molar-refractivity contribution is 0.638. The first-order valence-corrected chi connectivity index (χ1v) is 6.56. The van der Waals surface area contributed by atoms with Gasteiger partial charge in [-0.25, -0.2) is 9.97 Å². The maximum Gasteiger partial charge on any atom is 0.174 e. The number of para-hydroxylation sites is 2. The van der Waals surface area contributed by atoms with E-state index < -0.39 is 0 Å². The molecule has 2 aromatic rings. The first kappa shape index (κ1) is 13.9. The van der Waals surface area contributed by atoms with Gasteiger partial charge >= 0.3 is 0 Å². The number of nitrogens with zero attached hydrogens (tertiary/aromatic N) is 4. The molecule has 1 aromatic heterocycles. The summed E-state index contributed by atoms with van der Waals surface area (Å²) in [6.45, 7) is 8.45. The number of hydrogen-bond donors (Lipinski definition) is 0. The molecule has 1 aliphatic heterocycles. The van der Waals surface area contributed by atoms with Crippen LogP contribution in [0.5, 0.6) is 0 Å². The van der Waals surface area contributed by atoms with E-state index >= 15 is 0 Å². The van der Waals surface area contributed by atoms with Crippen molar-refractivity contribution in [2.24, 2.45) is 0 Å². The van der Waals surface area contributed by atoms with Gasteiger partial charge in [0.05, 0.1) is 11.0 Å². The third-order valence-corrected chi connectivity index (χ3v) is 3.66. The predicted molar refractivity (Wildman–Crippen MR) is 82.3 cm³/mol. The van der Waals surface area contributed by atoms with Crippen molar-refractivity contribution in [1.82, 2.24) is 9.97 Å². The van der Waals surface area contributed by atoms with E-state index in [1.807, 2.05) is 24.3 Å². The summed E-state index contributed by atoms with van der Waals surface area (Å²) in [5.41, 5.74) is 1.94. The van der Waals surface area contributed by atoms with Crippen LogP contribution in [0, 0.1) is 0 Å². The fourth-order valence-corrected chi connectivity index (χ4v) is 2.72. The summed E-state index contributed by atoms with van der Waals surface area (Å²) in [5.74, 6) is 2.04. The minimum atomic E-state index is 0. The first-order valence-electron chi connectivity index (χ1n) is 6.56. The molecule has 0 spiro atoms. The van der Waals surface area contributed by atoms with E-state index in [4.69, 9.17) is 9.97 Å². The normalized spacial score (nSPS) is 14.7. The van der Waals surface area contributed by atoms with Crippen LogP contribution in [-0.4, -0.2) is 29.2 Å². The first-order chi connectivity index (χ1) is 8.76. The zero-order valence-corrected chi connectivity index (χ0v) is 12.3. The lowest BCUT2D eigenvalue weighted by atomic mass is 10.3. The fourth-order valence-electron chi connectivity index (χ4n) is 2.72. The van der Waals surface area contributed by atoms with Gasteiger partial charge in [-0.15, -0.1) is 12.4 Å². The van der Waals surface area contributed by atoms with Gasteiger partial charge in [-0.2, -0.15) is 0 Å².